The Labute approximate surface area is 262 Å². The highest BCUT2D eigenvalue weighted by atomic mass is 16.5. The zero-order chi connectivity index (χ0) is 33.1. The lowest BCUT2D eigenvalue weighted by Gasteiger charge is -2.32. The van der Waals surface area contributed by atoms with Gasteiger partial charge in [0, 0.05) is 27.2 Å². The van der Waals surface area contributed by atoms with Crippen LogP contribution in [0, 0.1) is 11.8 Å². The Kier molecular flexibility index (Phi) is 14.2. The van der Waals surface area contributed by atoms with E-state index >= 15 is 0 Å². The van der Waals surface area contributed by atoms with Gasteiger partial charge in [0.25, 0.3) is 0 Å². The molecule has 0 aromatic rings. The quantitative estimate of drug-likeness (QED) is 0.200. The summed E-state index contributed by atoms with van der Waals surface area (Å²) in [5.41, 5.74) is 0. The third-order valence-electron chi connectivity index (χ3n) is 8.38. The van der Waals surface area contributed by atoms with E-state index in [0.717, 1.165) is 25.7 Å². The second-order valence-corrected chi connectivity index (χ2v) is 12.1. The standard InChI is InChI=1S/C30H54N8O6/c1-17(2)23(35-29(41)43-9)27(39)37-15-11-13-21(37)25(31-7)33-19(5)20(6)34-26(32-8)22-14-12-16-38(22)28(40)24(18(3)4)36-30(42)44-10/h17-24H,11-16H2,1-10H3,(H,31,33)(H,32,34)(H,35,41)(H,36,42). The van der Waals surface area contributed by atoms with E-state index in [0.29, 0.717) is 24.8 Å². The number of aliphatic imine (C=N–C) groups is 2. The Hall–Kier alpha value is -3.58. The molecule has 0 aromatic heterocycles. The maximum atomic E-state index is 13.6. The Bertz CT molecular complexity index is 982. The average molecular weight is 623 g/mol. The molecule has 2 heterocycles. The van der Waals surface area contributed by atoms with Crippen molar-refractivity contribution in [1.82, 2.24) is 31.1 Å². The number of likely N-dealkylation sites (tertiary alicyclic amines) is 2. The molecule has 0 saturated carbocycles. The van der Waals surface area contributed by atoms with Crippen LogP contribution in [0.1, 0.15) is 67.2 Å². The summed E-state index contributed by atoms with van der Waals surface area (Å²) in [7, 11) is 6.14. The first-order chi connectivity index (χ1) is 20.8. The first-order valence-corrected chi connectivity index (χ1v) is 15.6. The lowest BCUT2D eigenvalue weighted by atomic mass is 10.0. The van der Waals surface area contributed by atoms with E-state index in [1.807, 2.05) is 41.5 Å². The molecule has 4 N–H and O–H groups in total. The van der Waals surface area contributed by atoms with E-state index in [-0.39, 0.29) is 47.8 Å². The summed E-state index contributed by atoms with van der Waals surface area (Å²) < 4.78 is 9.48. The summed E-state index contributed by atoms with van der Waals surface area (Å²) in [6.45, 7) is 12.6. The van der Waals surface area contributed by atoms with E-state index in [9.17, 15) is 19.2 Å². The molecule has 250 valence electrons. The normalized spacial score (nSPS) is 21.9. The number of methoxy groups -OCH3 is 2. The zero-order valence-electron chi connectivity index (χ0n) is 28.1. The van der Waals surface area contributed by atoms with E-state index in [1.54, 1.807) is 23.9 Å². The lowest BCUT2D eigenvalue weighted by Crippen LogP contribution is -2.55. The van der Waals surface area contributed by atoms with E-state index in [1.165, 1.54) is 14.2 Å². The predicted octanol–water partition coefficient (Wildman–Crippen LogP) is 1.74. The van der Waals surface area contributed by atoms with Crippen molar-refractivity contribution >= 4 is 35.7 Å². The Morgan fingerprint density at radius 3 is 1.27 bits per heavy atom. The highest BCUT2D eigenvalue weighted by molar-refractivity contribution is 5.95. The molecule has 44 heavy (non-hydrogen) atoms. The second-order valence-electron chi connectivity index (χ2n) is 12.1. The molecular weight excluding hydrogens is 568 g/mol. The van der Waals surface area contributed by atoms with Gasteiger partial charge >= 0.3 is 12.2 Å². The Balaban J connectivity index is 2.26. The number of ether oxygens (including phenoxy) is 2. The van der Waals surface area contributed by atoms with Crippen LogP contribution in [0.3, 0.4) is 0 Å². The highest BCUT2D eigenvalue weighted by Crippen LogP contribution is 2.24. The van der Waals surface area contributed by atoms with Crippen LogP contribution in [-0.2, 0) is 19.1 Å². The van der Waals surface area contributed by atoms with E-state index in [2.05, 4.69) is 21.3 Å². The Morgan fingerprint density at radius 1 is 0.659 bits per heavy atom. The van der Waals surface area contributed by atoms with Crippen molar-refractivity contribution in [1.29, 1.82) is 0 Å². The molecule has 4 amide bonds. The largest absolute Gasteiger partial charge is 0.453 e. The first-order valence-electron chi connectivity index (χ1n) is 15.6. The van der Waals surface area contributed by atoms with Gasteiger partial charge in [0.1, 0.15) is 23.8 Å². The van der Waals surface area contributed by atoms with Crippen LogP contribution < -0.4 is 21.3 Å². The molecule has 2 saturated heterocycles. The maximum Gasteiger partial charge on any atom is 0.407 e. The van der Waals surface area contributed by atoms with Gasteiger partial charge in [-0.05, 0) is 51.4 Å². The van der Waals surface area contributed by atoms with Gasteiger partial charge in [0.05, 0.1) is 38.4 Å². The molecule has 0 aromatic carbocycles. The number of amidine groups is 2. The van der Waals surface area contributed by atoms with Crippen molar-refractivity contribution in [2.45, 2.75) is 103 Å². The predicted molar refractivity (Wildman–Crippen MR) is 170 cm³/mol. The van der Waals surface area contributed by atoms with Crippen LogP contribution >= 0.6 is 0 Å². The number of carbonyl (C=O) groups excluding carboxylic acids is 4. The molecule has 0 aliphatic carbocycles. The van der Waals surface area contributed by atoms with Crippen LogP contribution in [0.4, 0.5) is 9.59 Å². The number of hydrogen-bond donors (Lipinski definition) is 4. The van der Waals surface area contributed by atoms with Gasteiger partial charge in [0.2, 0.25) is 11.8 Å². The van der Waals surface area contributed by atoms with Crippen LogP contribution in [0.15, 0.2) is 9.98 Å². The van der Waals surface area contributed by atoms with Gasteiger partial charge in [-0.15, -0.1) is 0 Å². The van der Waals surface area contributed by atoms with E-state index < -0.39 is 24.3 Å². The molecule has 2 rings (SSSR count). The van der Waals surface area contributed by atoms with Crippen molar-refractivity contribution in [3.05, 3.63) is 0 Å². The molecule has 6 atom stereocenters. The third kappa shape index (κ3) is 9.21. The zero-order valence-corrected chi connectivity index (χ0v) is 28.1. The second kappa shape index (κ2) is 17.0. The third-order valence-corrected chi connectivity index (χ3v) is 8.38. The van der Waals surface area contributed by atoms with Gasteiger partial charge < -0.3 is 40.5 Å². The number of likely N-dealkylation sites (N-methyl/N-ethyl adjacent to an activating group) is 2. The molecule has 2 aliphatic heterocycles. The van der Waals surface area contributed by atoms with Crippen molar-refractivity contribution in [3.8, 4) is 0 Å². The summed E-state index contributed by atoms with van der Waals surface area (Å²) in [5.74, 6) is 0.783. The minimum absolute atomic E-state index is 0.125. The van der Waals surface area contributed by atoms with Crippen LogP contribution in [0.25, 0.3) is 0 Å². The minimum atomic E-state index is -0.713. The molecule has 6 unspecified atom stereocenters. The molecule has 0 spiro atoms. The number of nitrogens with zero attached hydrogens (tertiary/aromatic N) is 4. The number of alkyl carbamates (subject to hydrolysis) is 2. The molecule has 14 heteroatoms. The Morgan fingerprint density at radius 2 is 1.00 bits per heavy atom. The summed E-state index contributed by atoms with van der Waals surface area (Å²) in [5, 5.41) is 11.8. The first kappa shape index (κ1) is 36.6. The van der Waals surface area contributed by atoms with Crippen molar-refractivity contribution in [3.63, 3.8) is 0 Å². The maximum absolute atomic E-state index is 13.6. The van der Waals surface area contributed by atoms with Gasteiger partial charge in [-0.2, -0.15) is 0 Å². The SMILES string of the molecule is CN/C(=N\C(C)C(C)/N=C(\NC)C1CCCN1C(=O)C(NC(=O)OC)C(C)C)C1CCCN1C(=O)C(NC(=O)OC)C(C)C. The van der Waals surface area contributed by atoms with Crippen LogP contribution in [0.2, 0.25) is 0 Å². The number of carbonyl (C=O) groups is 4. The van der Waals surface area contributed by atoms with E-state index in [4.69, 9.17) is 19.5 Å². The van der Waals surface area contributed by atoms with Gasteiger partial charge in [-0.1, -0.05) is 27.7 Å². The summed E-state index contributed by atoms with van der Waals surface area (Å²) in [6, 6.07) is -2.43. The van der Waals surface area contributed by atoms with Crippen LogP contribution in [-0.4, -0.2) is 123 Å². The fourth-order valence-corrected chi connectivity index (χ4v) is 5.67. The summed E-state index contributed by atoms with van der Waals surface area (Å²) in [4.78, 5) is 64.5. The number of rotatable bonds is 11. The topological polar surface area (TPSA) is 166 Å². The molecular formula is C30H54N8O6. The van der Waals surface area contributed by atoms with Crippen molar-refractivity contribution in [2.24, 2.45) is 21.8 Å². The molecule has 2 aliphatic rings. The molecule has 2 fully saturated rings. The van der Waals surface area contributed by atoms with Gasteiger partial charge in [-0.25, -0.2) is 9.59 Å². The fraction of sp³-hybridized carbons (Fsp3) is 0.800. The number of hydrogen-bond acceptors (Lipinski definition) is 8. The summed E-state index contributed by atoms with van der Waals surface area (Å²) >= 11 is 0. The average Bonchev–Trinajstić information content (AvgIpc) is 3.69. The number of nitrogens with one attached hydrogen (secondary N) is 4. The summed E-state index contributed by atoms with van der Waals surface area (Å²) in [6.07, 6.45) is 1.85. The number of amides is 4. The van der Waals surface area contributed by atoms with Gasteiger partial charge in [-0.3, -0.25) is 19.6 Å². The molecule has 14 nitrogen and oxygen atoms in total. The molecule has 0 radical (unpaired) electrons. The smallest absolute Gasteiger partial charge is 0.407 e. The van der Waals surface area contributed by atoms with Crippen molar-refractivity contribution in [2.75, 3.05) is 41.4 Å². The van der Waals surface area contributed by atoms with Gasteiger partial charge in [0.15, 0.2) is 0 Å². The minimum Gasteiger partial charge on any atom is -0.453 e. The van der Waals surface area contributed by atoms with Crippen molar-refractivity contribution < 1.29 is 28.7 Å². The highest BCUT2D eigenvalue weighted by Gasteiger charge is 2.39. The van der Waals surface area contributed by atoms with Crippen LogP contribution in [0.5, 0.6) is 0 Å². The lowest BCUT2D eigenvalue weighted by molar-refractivity contribution is -0.135. The monoisotopic (exact) mass is 622 g/mol. The fourth-order valence-electron chi connectivity index (χ4n) is 5.67. The molecule has 0 bridgehead atoms.